The van der Waals surface area contributed by atoms with E-state index in [9.17, 15) is 9.59 Å². The van der Waals surface area contributed by atoms with Crippen molar-refractivity contribution in [1.29, 1.82) is 0 Å². The number of piperidine rings is 1. The van der Waals surface area contributed by atoms with Crippen LogP contribution in [0.25, 0.3) is 0 Å². The number of hydrogen-bond donors (Lipinski definition) is 2. The highest BCUT2D eigenvalue weighted by atomic mass is 16.2. The molecule has 4 atom stereocenters. The third-order valence-electron chi connectivity index (χ3n) is 6.43. The Morgan fingerprint density at radius 2 is 2.04 bits per heavy atom. The Labute approximate surface area is 161 Å². The van der Waals surface area contributed by atoms with E-state index in [2.05, 4.69) is 15.6 Å². The number of pyridine rings is 1. The van der Waals surface area contributed by atoms with Gasteiger partial charge in [-0.15, -0.1) is 0 Å². The van der Waals surface area contributed by atoms with Gasteiger partial charge in [-0.05, 0) is 56.6 Å². The number of likely N-dealkylation sites (tertiary alicyclic amines) is 1. The highest BCUT2D eigenvalue weighted by Gasteiger charge is 2.40. The standard InChI is InChI=1S/C21H30N4O2/c1-14-8-9-19(22-12-14)24-20(26)16-6-4-10-25(13-16)21(27)18-11-15-5-2-3-7-17(15)23-18/h8-9,12,15-18,23H,2-7,10-11,13H2,1H3,(H,22,24,26). The van der Waals surface area contributed by atoms with Crippen LogP contribution in [0.5, 0.6) is 0 Å². The van der Waals surface area contributed by atoms with E-state index in [1.165, 1.54) is 25.7 Å². The highest BCUT2D eigenvalue weighted by molar-refractivity contribution is 5.92. The molecule has 0 bridgehead atoms. The van der Waals surface area contributed by atoms with Gasteiger partial charge < -0.3 is 15.5 Å². The third-order valence-corrected chi connectivity index (χ3v) is 6.43. The van der Waals surface area contributed by atoms with Gasteiger partial charge in [0.25, 0.3) is 0 Å². The maximum atomic E-state index is 13.0. The van der Waals surface area contributed by atoms with Gasteiger partial charge in [0.2, 0.25) is 11.8 Å². The molecule has 0 aromatic carbocycles. The van der Waals surface area contributed by atoms with Gasteiger partial charge in [0.15, 0.2) is 0 Å². The quantitative estimate of drug-likeness (QED) is 0.857. The molecule has 6 nitrogen and oxygen atoms in total. The number of anilines is 1. The fourth-order valence-electron chi connectivity index (χ4n) is 4.89. The minimum Gasteiger partial charge on any atom is -0.341 e. The van der Waals surface area contributed by atoms with Crippen LogP contribution in [-0.4, -0.2) is 46.9 Å². The smallest absolute Gasteiger partial charge is 0.239 e. The van der Waals surface area contributed by atoms with Crippen molar-refractivity contribution < 1.29 is 9.59 Å². The number of amides is 2. The second-order valence-electron chi connectivity index (χ2n) is 8.44. The largest absolute Gasteiger partial charge is 0.341 e. The molecule has 0 radical (unpaired) electrons. The summed E-state index contributed by atoms with van der Waals surface area (Å²) in [5, 5.41) is 6.48. The summed E-state index contributed by atoms with van der Waals surface area (Å²) in [5.74, 6) is 1.24. The summed E-state index contributed by atoms with van der Waals surface area (Å²) in [4.78, 5) is 31.8. The molecule has 4 unspecified atom stereocenters. The molecular formula is C21H30N4O2. The molecule has 2 N–H and O–H groups in total. The van der Waals surface area contributed by atoms with Crippen LogP contribution in [0.3, 0.4) is 0 Å². The topological polar surface area (TPSA) is 74.3 Å². The van der Waals surface area contributed by atoms with Crippen LogP contribution in [-0.2, 0) is 9.59 Å². The van der Waals surface area contributed by atoms with Crippen LogP contribution >= 0.6 is 0 Å². The average molecular weight is 370 g/mol. The zero-order valence-corrected chi connectivity index (χ0v) is 16.1. The maximum absolute atomic E-state index is 13.0. The maximum Gasteiger partial charge on any atom is 0.239 e. The summed E-state index contributed by atoms with van der Waals surface area (Å²) < 4.78 is 0. The zero-order valence-electron chi connectivity index (χ0n) is 16.1. The van der Waals surface area contributed by atoms with Gasteiger partial charge in [-0.25, -0.2) is 4.98 Å². The van der Waals surface area contributed by atoms with Crippen LogP contribution in [0.1, 0.15) is 50.5 Å². The summed E-state index contributed by atoms with van der Waals surface area (Å²) in [6.07, 6.45) is 9.42. The molecule has 3 aliphatic rings. The Kier molecular flexibility index (Phi) is 5.43. The molecule has 6 heteroatoms. The van der Waals surface area contributed by atoms with Crippen molar-refractivity contribution >= 4 is 17.6 Å². The molecule has 2 aliphatic heterocycles. The number of aryl methyl sites for hydroxylation is 1. The van der Waals surface area contributed by atoms with Crippen LogP contribution in [0, 0.1) is 18.8 Å². The number of hydrogen-bond acceptors (Lipinski definition) is 4. The van der Waals surface area contributed by atoms with E-state index in [0.29, 0.717) is 24.3 Å². The number of nitrogens with zero attached hydrogens (tertiary/aromatic N) is 2. The molecule has 1 saturated carbocycles. The van der Waals surface area contributed by atoms with Crippen LogP contribution in [0.2, 0.25) is 0 Å². The first-order valence-corrected chi connectivity index (χ1v) is 10.4. The lowest BCUT2D eigenvalue weighted by atomic mass is 9.85. The van der Waals surface area contributed by atoms with Crippen molar-refractivity contribution in [3.8, 4) is 0 Å². The van der Waals surface area contributed by atoms with Crippen molar-refractivity contribution in [2.45, 2.75) is 64.0 Å². The summed E-state index contributed by atoms with van der Waals surface area (Å²) in [6, 6.07) is 4.22. The van der Waals surface area contributed by atoms with Gasteiger partial charge in [-0.1, -0.05) is 18.9 Å². The number of nitrogens with one attached hydrogen (secondary N) is 2. The summed E-state index contributed by atoms with van der Waals surface area (Å²) in [6.45, 7) is 3.25. The Morgan fingerprint density at radius 3 is 2.81 bits per heavy atom. The van der Waals surface area contributed by atoms with Crippen molar-refractivity contribution in [1.82, 2.24) is 15.2 Å². The Bertz CT molecular complexity index is 676. The van der Waals surface area contributed by atoms with Crippen LogP contribution in [0.15, 0.2) is 18.3 Å². The molecule has 2 saturated heterocycles. The van der Waals surface area contributed by atoms with Gasteiger partial charge in [-0.2, -0.15) is 0 Å². The van der Waals surface area contributed by atoms with Crippen LogP contribution < -0.4 is 10.6 Å². The molecule has 3 heterocycles. The van der Waals surface area contributed by atoms with Crippen LogP contribution in [0.4, 0.5) is 5.82 Å². The van der Waals surface area contributed by atoms with E-state index < -0.39 is 0 Å². The van der Waals surface area contributed by atoms with E-state index in [0.717, 1.165) is 31.4 Å². The molecule has 1 aromatic rings. The number of carbonyl (C=O) groups excluding carboxylic acids is 2. The van der Waals surface area contributed by atoms with Crippen molar-refractivity contribution in [3.63, 3.8) is 0 Å². The van der Waals surface area contributed by atoms with Gasteiger partial charge in [-0.3, -0.25) is 9.59 Å². The summed E-state index contributed by atoms with van der Waals surface area (Å²) >= 11 is 0. The number of aromatic nitrogens is 1. The molecule has 0 spiro atoms. The van der Waals surface area contributed by atoms with E-state index in [1.807, 2.05) is 24.0 Å². The van der Waals surface area contributed by atoms with Gasteiger partial charge in [0.1, 0.15) is 5.82 Å². The molecule has 1 aromatic heterocycles. The minimum absolute atomic E-state index is 0.0306. The molecule has 4 rings (SSSR count). The number of carbonyl (C=O) groups is 2. The minimum atomic E-state index is -0.158. The van der Waals surface area contributed by atoms with Gasteiger partial charge in [0.05, 0.1) is 12.0 Å². The van der Waals surface area contributed by atoms with Crippen molar-refractivity contribution in [2.24, 2.45) is 11.8 Å². The van der Waals surface area contributed by atoms with Crippen molar-refractivity contribution in [3.05, 3.63) is 23.9 Å². The lowest BCUT2D eigenvalue weighted by Crippen LogP contribution is -2.50. The van der Waals surface area contributed by atoms with E-state index >= 15 is 0 Å². The summed E-state index contributed by atoms with van der Waals surface area (Å²) in [7, 11) is 0. The predicted octanol–water partition coefficient (Wildman–Crippen LogP) is 2.49. The number of fused-ring (bicyclic) bond motifs is 1. The molecule has 2 amide bonds. The van der Waals surface area contributed by atoms with Gasteiger partial charge in [0, 0.05) is 25.3 Å². The predicted molar refractivity (Wildman–Crippen MR) is 104 cm³/mol. The zero-order chi connectivity index (χ0) is 18.8. The molecule has 146 valence electrons. The molecule has 3 fully saturated rings. The Hall–Kier alpha value is -1.95. The fourth-order valence-corrected chi connectivity index (χ4v) is 4.89. The normalized spacial score (nSPS) is 30.6. The highest BCUT2D eigenvalue weighted by Crippen LogP contribution is 2.34. The Morgan fingerprint density at radius 1 is 1.19 bits per heavy atom. The summed E-state index contributed by atoms with van der Waals surface area (Å²) in [5.41, 5.74) is 1.06. The van der Waals surface area contributed by atoms with E-state index in [1.54, 1.807) is 6.20 Å². The first-order chi connectivity index (χ1) is 13.1. The third kappa shape index (κ3) is 4.15. The fraction of sp³-hybridized carbons (Fsp3) is 0.667. The molecule has 27 heavy (non-hydrogen) atoms. The van der Waals surface area contributed by atoms with E-state index in [-0.39, 0.29) is 23.8 Å². The first kappa shape index (κ1) is 18.4. The van der Waals surface area contributed by atoms with Gasteiger partial charge >= 0.3 is 0 Å². The Balaban J connectivity index is 1.34. The molecular weight excluding hydrogens is 340 g/mol. The lowest BCUT2D eigenvalue weighted by Gasteiger charge is -2.33. The SMILES string of the molecule is Cc1ccc(NC(=O)C2CCCN(C(=O)C3CC4CCCCC4N3)C2)nc1. The monoisotopic (exact) mass is 370 g/mol. The number of rotatable bonds is 3. The second-order valence-corrected chi connectivity index (χ2v) is 8.44. The van der Waals surface area contributed by atoms with E-state index in [4.69, 9.17) is 0 Å². The lowest BCUT2D eigenvalue weighted by molar-refractivity contribution is -0.136. The second kappa shape index (κ2) is 7.97. The van der Waals surface area contributed by atoms with Crippen molar-refractivity contribution in [2.75, 3.05) is 18.4 Å². The average Bonchev–Trinajstić information content (AvgIpc) is 3.13. The molecule has 1 aliphatic carbocycles. The first-order valence-electron chi connectivity index (χ1n) is 10.4.